The number of nitrogens with zero attached hydrogens (tertiary/aromatic N) is 2. The predicted molar refractivity (Wildman–Crippen MR) is 114 cm³/mol. The van der Waals surface area contributed by atoms with Gasteiger partial charge in [-0.05, 0) is 58.7 Å². The zero-order chi connectivity index (χ0) is 19.0. The lowest BCUT2D eigenvalue weighted by Gasteiger charge is -2.21. The molecule has 4 aromatic rings. The molecule has 2 aromatic carbocycles. The van der Waals surface area contributed by atoms with Crippen molar-refractivity contribution >= 4 is 21.8 Å². The molecule has 1 atom stereocenters. The van der Waals surface area contributed by atoms with Crippen molar-refractivity contribution in [3.05, 3.63) is 83.7 Å². The standard InChI is InChI=1S/C25H26N2/c1-17(19-10-11-23-20(15-19)8-6-12-26-23)13-18-14-21-7-5-9-22(25(2,3)4)24(21)27-16-18/h5-12,14-17H,13H2,1-4H3. The second-order valence-corrected chi connectivity index (χ2v) is 8.53. The maximum absolute atomic E-state index is 4.83. The molecule has 27 heavy (non-hydrogen) atoms. The third-order valence-electron chi connectivity index (χ3n) is 5.31. The summed E-state index contributed by atoms with van der Waals surface area (Å²) >= 11 is 0. The van der Waals surface area contributed by atoms with E-state index in [1.54, 1.807) is 0 Å². The van der Waals surface area contributed by atoms with Gasteiger partial charge in [0.15, 0.2) is 0 Å². The number of fused-ring (bicyclic) bond motifs is 2. The molecule has 0 spiro atoms. The minimum atomic E-state index is 0.0977. The summed E-state index contributed by atoms with van der Waals surface area (Å²) in [6, 6.07) is 19.5. The smallest absolute Gasteiger partial charge is 0.0739 e. The molecule has 0 N–H and O–H groups in total. The van der Waals surface area contributed by atoms with Crippen molar-refractivity contribution in [3.63, 3.8) is 0 Å². The second kappa shape index (κ2) is 6.77. The Labute approximate surface area is 161 Å². The monoisotopic (exact) mass is 354 g/mol. The molecule has 2 nitrogen and oxygen atoms in total. The number of para-hydroxylation sites is 1. The molecule has 0 aliphatic rings. The molecule has 2 heterocycles. The fourth-order valence-electron chi connectivity index (χ4n) is 3.80. The summed E-state index contributed by atoms with van der Waals surface area (Å²) in [5.74, 6) is 0.430. The van der Waals surface area contributed by atoms with Gasteiger partial charge in [-0.15, -0.1) is 0 Å². The first-order chi connectivity index (χ1) is 12.9. The van der Waals surface area contributed by atoms with Gasteiger partial charge in [-0.1, -0.05) is 58.0 Å². The minimum Gasteiger partial charge on any atom is -0.256 e. The average Bonchev–Trinajstić information content (AvgIpc) is 2.66. The molecule has 0 saturated carbocycles. The van der Waals surface area contributed by atoms with Gasteiger partial charge in [-0.25, -0.2) is 0 Å². The molecule has 4 rings (SSSR count). The van der Waals surface area contributed by atoms with Crippen LogP contribution in [0.15, 0.2) is 67.0 Å². The predicted octanol–water partition coefficient (Wildman–Crippen LogP) is 6.43. The summed E-state index contributed by atoms with van der Waals surface area (Å²) in [7, 11) is 0. The highest BCUT2D eigenvalue weighted by Crippen LogP contribution is 2.30. The van der Waals surface area contributed by atoms with Gasteiger partial charge in [0.1, 0.15) is 0 Å². The fourth-order valence-corrected chi connectivity index (χ4v) is 3.80. The molecular weight excluding hydrogens is 328 g/mol. The highest BCUT2D eigenvalue weighted by molar-refractivity contribution is 5.83. The van der Waals surface area contributed by atoms with Crippen molar-refractivity contribution < 1.29 is 0 Å². The van der Waals surface area contributed by atoms with Crippen LogP contribution in [-0.2, 0) is 11.8 Å². The molecule has 0 aliphatic heterocycles. The molecule has 0 aliphatic carbocycles. The van der Waals surface area contributed by atoms with Crippen LogP contribution in [-0.4, -0.2) is 9.97 Å². The SMILES string of the molecule is CC(Cc1cnc2c(C(C)(C)C)cccc2c1)c1ccc2ncccc2c1. The van der Waals surface area contributed by atoms with Crippen LogP contribution >= 0.6 is 0 Å². The van der Waals surface area contributed by atoms with E-state index in [0.717, 1.165) is 17.5 Å². The quantitative estimate of drug-likeness (QED) is 0.424. The van der Waals surface area contributed by atoms with Crippen molar-refractivity contribution in [1.82, 2.24) is 9.97 Å². The molecule has 2 aromatic heterocycles. The van der Waals surface area contributed by atoms with E-state index in [9.17, 15) is 0 Å². The van der Waals surface area contributed by atoms with E-state index in [1.807, 2.05) is 12.3 Å². The van der Waals surface area contributed by atoms with E-state index in [-0.39, 0.29) is 5.41 Å². The Balaban J connectivity index is 1.64. The normalized spacial score (nSPS) is 13.2. The van der Waals surface area contributed by atoms with E-state index in [1.165, 1.54) is 27.5 Å². The Hall–Kier alpha value is -2.74. The molecule has 2 heteroatoms. The van der Waals surface area contributed by atoms with Crippen LogP contribution in [0.5, 0.6) is 0 Å². The number of rotatable bonds is 3. The van der Waals surface area contributed by atoms with Crippen molar-refractivity contribution in [3.8, 4) is 0 Å². The molecule has 0 radical (unpaired) electrons. The molecule has 1 unspecified atom stereocenters. The zero-order valence-electron chi connectivity index (χ0n) is 16.5. The highest BCUT2D eigenvalue weighted by Gasteiger charge is 2.18. The van der Waals surface area contributed by atoms with E-state index < -0.39 is 0 Å². The first-order valence-electron chi connectivity index (χ1n) is 9.64. The van der Waals surface area contributed by atoms with Crippen LogP contribution < -0.4 is 0 Å². The average molecular weight is 354 g/mol. The lowest BCUT2D eigenvalue weighted by Crippen LogP contribution is -2.12. The van der Waals surface area contributed by atoms with Crippen molar-refractivity contribution in [1.29, 1.82) is 0 Å². The minimum absolute atomic E-state index is 0.0977. The summed E-state index contributed by atoms with van der Waals surface area (Å²) in [6.45, 7) is 9.02. The van der Waals surface area contributed by atoms with Crippen molar-refractivity contribution in [2.24, 2.45) is 0 Å². The van der Waals surface area contributed by atoms with Gasteiger partial charge in [0.25, 0.3) is 0 Å². The summed E-state index contributed by atoms with van der Waals surface area (Å²) in [5, 5.41) is 2.43. The van der Waals surface area contributed by atoms with Crippen molar-refractivity contribution in [2.75, 3.05) is 0 Å². The van der Waals surface area contributed by atoms with Gasteiger partial charge < -0.3 is 0 Å². The van der Waals surface area contributed by atoms with Gasteiger partial charge >= 0.3 is 0 Å². The lowest BCUT2D eigenvalue weighted by atomic mass is 9.85. The fraction of sp³-hybridized carbons (Fsp3) is 0.280. The summed E-state index contributed by atoms with van der Waals surface area (Å²) in [5.41, 5.74) is 6.21. The Morgan fingerprint density at radius 3 is 2.52 bits per heavy atom. The summed E-state index contributed by atoms with van der Waals surface area (Å²) < 4.78 is 0. The Bertz CT molecular complexity index is 1110. The number of pyridine rings is 2. The maximum atomic E-state index is 4.83. The Kier molecular flexibility index (Phi) is 4.43. The third kappa shape index (κ3) is 3.57. The number of benzene rings is 2. The van der Waals surface area contributed by atoms with Crippen LogP contribution in [0, 0.1) is 0 Å². The van der Waals surface area contributed by atoms with Crippen LogP contribution in [0.3, 0.4) is 0 Å². The first kappa shape index (κ1) is 17.7. The van der Waals surface area contributed by atoms with E-state index in [0.29, 0.717) is 5.92 Å². The third-order valence-corrected chi connectivity index (χ3v) is 5.31. The van der Waals surface area contributed by atoms with Gasteiger partial charge in [-0.3, -0.25) is 9.97 Å². The maximum Gasteiger partial charge on any atom is 0.0739 e. The Morgan fingerprint density at radius 1 is 0.889 bits per heavy atom. The molecular formula is C25H26N2. The molecule has 0 fully saturated rings. The van der Waals surface area contributed by atoms with Gasteiger partial charge in [0, 0.05) is 23.2 Å². The molecule has 0 bridgehead atoms. The van der Waals surface area contributed by atoms with Gasteiger partial charge in [0.05, 0.1) is 11.0 Å². The lowest BCUT2D eigenvalue weighted by molar-refractivity contribution is 0.594. The van der Waals surface area contributed by atoms with E-state index >= 15 is 0 Å². The zero-order valence-corrected chi connectivity index (χ0v) is 16.5. The second-order valence-electron chi connectivity index (χ2n) is 8.53. The number of hydrogen-bond donors (Lipinski definition) is 0. The van der Waals surface area contributed by atoms with E-state index in [2.05, 4.69) is 87.4 Å². The largest absolute Gasteiger partial charge is 0.256 e. The Morgan fingerprint density at radius 2 is 1.70 bits per heavy atom. The number of hydrogen-bond acceptors (Lipinski definition) is 2. The highest BCUT2D eigenvalue weighted by atomic mass is 14.7. The van der Waals surface area contributed by atoms with E-state index in [4.69, 9.17) is 4.98 Å². The molecule has 0 amide bonds. The van der Waals surface area contributed by atoms with Crippen LogP contribution in [0.2, 0.25) is 0 Å². The summed E-state index contributed by atoms with van der Waals surface area (Å²) in [6.07, 6.45) is 4.88. The first-order valence-corrected chi connectivity index (χ1v) is 9.64. The van der Waals surface area contributed by atoms with Gasteiger partial charge in [0.2, 0.25) is 0 Å². The van der Waals surface area contributed by atoms with Gasteiger partial charge in [-0.2, -0.15) is 0 Å². The molecule has 0 saturated heterocycles. The number of aromatic nitrogens is 2. The van der Waals surface area contributed by atoms with Crippen LogP contribution in [0.25, 0.3) is 21.8 Å². The molecule has 136 valence electrons. The van der Waals surface area contributed by atoms with Crippen LogP contribution in [0.1, 0.15) is 50.3 Å². The van der Waals surface area contributed by atoms with Crippen molar-refractivity contribution in [2.45, 2.75) is 45.4 Å². The van der Waals surface area contributed by atoms with Crippen LogP contribution in [0.4, 0.5) is 0 Å². The summed E-state index contributed by atoms with van der Waals surface area (Å²) in [4.78, 5) is 9.25. The topological polar surface area (TPSA) is 25.8 Å².